The number of piperidine rings is 2. The lowest BCUT2D eigenvalue weighted by atomic mass is 9.80. The van der Waals surface area contributed by atoms with Crippen LogP contribution in [-0.4, -0.2) is 24.2 Å². The Balaban J connectivity index is 1.95. The zero-order valence-electron chi connectivity index (χ0n) is 11.3. The predicted molar refractivity (Wildman–Crippen MR) is 69.6 cm³/mol. The van der Waals surface area contributed by atoms with Crippen molar-refractivity contribution in [2.75, 3.05) is 0 Å². The molecule has 0 radical (unpaired) electrons. The Morgan fingerprint density at radius 2 is 1.00 bits per heavy atom. The van der Waals surface area contributed by atoms with Gasteiger partial charge in [0, 0.05) is 24.2 Å². The molecule has 2 saturated heterocycles. The van der Waals surface area contributed by atoms with Crippen LogP contribution in [0.5, 0.6) is 0 Å². The monoisotopic (exact) mass is 224 g/mol. The second kappa shape index (κ2) is 5.05. The summed E-state index contributed by atoms with van der Waals surface area (Å²) in [5.74, 6) is 1.77. The highest BCUT2D eigenvalue weighted by Gasteiger charge is 2.33. The second-order valence-electron chi connectivity index (χ2n) is 6.50. The molecule has 2 nitrogen and oxygen atoms in total. The maximum atomic E-state index is 3.80. The minimum Gasteiger partial charge on any atom is -0.310 e. The van der Waals surface area contributed by atoms with Crippen LogP contribution in [0.3, 0.4) is 0 Å². The first-order valence-electron chi connectivity index (χ1n) is 7.06. The molecule has 0 amide bonds. The van der Waals surface area contributed by atoms with Gasteiger partial charge in [0.25, 0.3) is 0 Å². The van der Waals surface area contributed by atoms with E-state index in [1.807, 2.05) is 0 Å². The third kappa shape index (κ3) is 2.98. The Hall–Kier alpha value is -0.0800. The van der Waals surface area contributed by atoms with E-state index in [0.29, 0.717) is 24.2 Å². The standard InChI is InChI=1S/C14H28N2/c1-9-5-11(3)15-13(7-9)14-8-10(2)6-12(4)16-14/h9-16H,5-8H2,1-4H3. The molecule has 0 saturated carbocycles. The van der Waals surface area contributed by atoms with Gasteiger partial charge in [0.2, 0.25) is 0 Å². The molecular formula is C14H28N2. The molecule has 2 heteroatoms. The van der Waals surface area contributed by atoms with Gasteiger partial charge in [-0.2, -0.15) is 0 Å². The minimum atomic E-state index is 0.697. The van der Waals surface area contributed by atoms with E-state index >= 15 is 0 Å². The fraction of sp³-hybridized carbons (Fsp3) is 1.00. The van der Waals surface area contributed by atoms with Crippen molar-refractivity contribution in [2.45, 2.75) is 77.5 Å². The van der Waals surface area contributed by atoms with E-state index in [1.54, 1.807) is 0 Å². The third-order valence-corrected chi connectivity index (χ3v) is 4.31. The zero-order valence-corrected chi connectivity index (χ0v) is 11.3. The van der Waals surface area contributed by atoms with Gasteiger partial charge in [-0.1, -0.05) is 13.8 Å². The Kier molecular flexibility index (Phi) is 3.91. The Morgan fingerprint density at radius 3 is 1.31 bits per heavy atom. The van der Waals surface area contributed by atoms with Crippen molar-refractivity contribution >= 4 is 0 Å². The minimum absolute atomic E-state index is 0.697. The summed E-state index contributed by atoms with van der Waals surface area (Å²) in [6, 6.07) is 2.79. The normalized spacial score (nSPS) is 50.2. The zero-order chi connectivity index (χ0) is 11.7. The summed E-state index contributed by atoms with van der Waals surface area (Å²) in [5, 5.41) is 7.59. The first-order chi connectivity index (χ1) is 7.54. The van der Waals surface area contributed by atoms with Gasteiger partial charge in [-0.25, -0.2) is 0 Å². The van der Waals surface area contributed by atoms with Gasteiger partial charge in [-0.3, -0.25) is 0 Å². The lowest BCUT2D eigenvalue weighted by Gasteiger charge is -2.43. The molecule has 6 atom stereocenters. The van der Waals surface area contributed by atoms with Gasteiger partial charge in [0.15, 0.2) is 0 Å². The first kappa shape index (κ1) is 12.4. The van der Waals surface area contributed by atoms with Crippen molar-refractivity contribution < 1.29 is 0 Å². The van der Waals surface area contributed by atoms with Crippen LogP contribution in [0.4, 0.5) is 0 Å². The van der Waals surface area contributed by atoms with E-state index < -0.39 is 0 Å². The van der Waals surface area contributed by atoms with Crippen molar-refractivity contribution in [3.05, 3.63) is 0 Å². The fourth-order valence-electron chi connectivity index (χ4n) is 3.83. The van der Waals surface area contributed by atoms with Gasteiger partial charge in [0.05, 0.1) is 0 Å². The van der Waals surface area contributed by atoms with Crippen molar-refractivity contribution in [1.29, 1.82) is 0 Å². The van der Waals surface area contributed by atoms with Crippen molar-refractivity contribution in [1.82, 2.24) is 10.6 Å². The van der Waals surface area contributed by atoms with E-state index in [2.05, 4.69) is 38.3 Å². The Morgan fingerprint density at radius 1 is 0.625 bits per heavy atom. The molecule has 94 valence electrons. The van der Waals surface area contributed by atoms with E-state index in [-0.39, 0.29) is 0 Å². The lowest BCUT2D eigenvalue weighted by Crippen LogP contribution is -2.58. The first-order valence-corrected chi connectivity index (χ1v) is 7.06. The van der Waals surface area contributed by atoms with Crippen LogP contribution in [0.2, 0.25) is 0 Å². The van der Waals surface area contributed by atoms with Crippen LogP contribution < -0.4 is 10.6 Å². The quantitative estimate of drug-likeness (QED) is 0.715. The summed E-state index contributed by atoms with van der Waals surface area (Å²) < 4.78 is 0. The predicted octanol–water partition coefficient (Wildman–Crippen LogP) is 2.54. The number of rotatable bonds is 1. The number of hydrogen-bond acceptors (Lipinski definition) is 2. The second-order valence-corrected chi connectivity index (χ2v) is 6.50. The average molecular weight is 224 g/mol. The molecule has 2 aliphatic heterocycles. The molecule has 0 aliphatic carbocycles. The molecule has 0 aromatic carbocycles. The number of hydrogen-bond donors (Lipinski definition) is 2. The highest BCUT2D eigenvalue weighted by Crippen LogP contribution is 2.27. The fourth-order valence-corrected chi connectivity index (χ4v) is 3.83. The summed E-state index contributed by atoms with van der Waals surface area (Å²) in [6.07, 6.45) is 5.38. The van der Waals surface area contributed by atoms with Crippen LogP contribution in [0.15, 0.2) is 0 Å². The van der Waals surface area contributed by atoms with E-state index in [4.69, 9.17) is 0 Å². The SMILES string of the molecule is CC1CC(C)NC(C2CC(C)CC(C)N2)C1. The third-order valence-electron chi connectivity index (χ3n) is 4.31. The van der Waals surface area contributed by atoms with Crippen LogP contribution in [0.25, 0.3) is 0 Å². The van der Waals surface area contributed by atoms with Crippen molar-refractivity contribution in [3.8, 4) is 0 Å². The van der Waals surface area contributed by atoms with Crippen molar-refractivity contribution in [3.63, 3.8) is 0 Å². The van der Waals surface area contributed by atoms with Gasteiger partial charge in [-0.15, -0.1) is 0 Å². The summed E-state index contributed by atoms with van der Waals surface area (Å²) in [6.45, 7) is 9.47. The molecule has 2 rings (SSSR count). The Labute approximate surface area is 101 Å². The van der Waals surface area contributed by atoms with Crippen LogP contribution >= 0.6 is 0 Å². The average Bonchev–Trinajstić information content (AvgIpc) is 2.14. The van der Waals surface area contributed by atoms with Gasteiger partial charge in [0.1, 0.15) is 0 Å². The highest BCUT2D eigenvalue weighted by atomic mass is 15.1. The molecule has 2 fully saturated rings. The van der Waals surface area contributed by atoms with Crippen LogP contribution in [-0.2, 0) is 0 Å². The number of nitrogens with one attached hydrogen (secondary N) is 2. The topological polar surface area (TPSA) is 24.1 Å². The summed E-state index contributed by atoms with van der Waals surface area (Å²) in [7, 11) is 0. The van der Waals surface area contributed by atoms with E-state index in [0.717, 1.165) is 11.8 Å². The molecule has 2 aliphatic rings. The highest BCUT2D eigenvalue weighted by molar-refractivity contribution is 4.94. The molecule has 2 N–H and O–H groups in total. The van der Waals surface area contributed by atoms with Gasteiger partial charge in [-0.05, 0) is 51.4 Å². The van der Waals surface area contributed by atoms with Gasteiger partial charge < -0.3 is 10.6 Å². The summed E-state index contributed by atoms with van der Waals surface area (Å²) in [5.41, 5.74) is 0. The summed E-state index contributed by atoms with van der Waals surface area (Å²) >= 11 is 0. The molecule has 2 heterocycles. The van der Waals surface area contributed by atoms with Crippen molar-refractivity contribution in [2.24, 2.45) is 11.8 Å². The smallest absolute Gasteiger partial charge is 0.0226 e. The molecule has 0 spiro atoms. The maximum Gasteiger partial charge on any atom is 0.0226 e. The molecule has 0 bridgehead atoms. The van der Waals surface area contributed by atoms with E-state index in [1.165, 1.54) is 25.7 Å². The maximum absolute atomic E-state index is 3.80. The summed E-state index contributed by atoms with van der Waals surface area (Å²) in [4.78, 5) is 0. The molecule has 0 aromatic heterocycles. The molecule has 16 heavy (non-hydrogen) atoms. The Bertz CT molecular complexity index is 185. The lowest BCUT2D eigenvalue weighted by molar-refractivity contribution is 0.166. The molecule has 0 aromatic rings. The molecule has 6 unspecified atom stereocenters. The van der Waals surface area contributed by atoms with E-state index in [9.17, 15) is 0 Å². The van der Waals surface area contributed by atoms with Crippen LogP contribution in [0, 0.1) is 11.8 Å². The largest absolute Gasteiger partial charge is 0.310 e. The van der Waals surface area contributed by atoms with Crippen LogP contribution in [0.1, 0.15) is 53.4 Å². The van der Waals surface area contributed by atoms with Gasteiger partial charge >= 0.3 is 0 Å². The molecular weight excluding hydrogens is 196 g/mol.